The molecule has 0 saturated heterocycles. The first-order valence-corrected chi connectivity index (χ1v) is 5.08. The van der Waals surface area contributed by atoms with Crippen LogP contribution in [0.1, 0.15) is 24.7 Å². The monoisotopic (exact) mass is 182 g/mol. The highest BCUT2D eigenvalue weighted by atomic mass is 32.1. The first-order chi connectivity index (χ1) is 5.81. The number of nitrogens with zero attached hydrogens (tertiary/aromatic N) is 2. The van der Waals surface area contributed by atoms with Crippen LogP contribution in [0.3, 0.4) is 0 Å². The third-order valence-electron chi connectivity index (χ3n) is 2.59. The number of aromatic nitrogens is 2. The molecule has 66 valence electrons. The lowest BCUT2D eigenvalue weighted by atomic mass is 9.97. The fraction of sp³-hybridized carbons (Fsp3) is 0.667. The van der Waals surface area contributed by atoms with Crippen LogP contribution >= 0.6 is 12.6 Å². The summed E-state index contributed by atoms with van der Waals surface area (Å²) in [6.07, 6.45) is 4.41. The second-order valence-corrected chi connectivity index (χ2v) is 3.90. The summed E-state index contributed by atoms with van der Waals surface area (Å²) < 4.78 is 2.27. The van der Waals surface area contributed by atoms with Crippen LogP contribution in [0.4, 0.5) is 0 Å². The van der Waals surface area contributed by atoms with Gasteiger partial charge in [0.15, 0.2) is 0 Å². The molecule has 0 spiro atoms. The van der Waals surface area contributed by atoms with Gasteiger partial charge in [-0.2, -0.15) is 12.6 Å². The van der Waals surface area contributed by atoms with Crippen molar-refractivity contribution in [3.05, 3.63) is 17.7 Å². The molecule has 1 unspecified atom stereocenters. The predicted molar refractivity (Wildman–Crippen MR) is 52.4 cm³/mol. The molecule has 0 N–H and O–H groups in total. The number of imidazole rings is 1. The summed E-state index contributed by atoms with van der Waals surface area (Å²) in [5.41, 5.74) is 2.58. The Bertz CT molecular complexity index is 267. The first kappa shape index (κ1) is 8.17. The summed E-state index contributed by atoms with van der Waals surface area (Å²) in [4.78, 5) is 4.34. The standard InChI is InChI=1S/C9H14N2S/c1-7-2-3-11-6-10-8(5-12)9(11)4-7/h6-7,12H,2-5H2,1H3. The summed E-state index contributed by atoms with van der Waals surface area (Å²) in [7, 11) is 0. The highest BCUT2D eigenvalue weighted by Crippen LogP contribution is 2.22. The van der Waals surface area contributed by atoms with Crippen molar-refractivity contribution < 1.29 is 0 Å². The van der Waals surface area contributed by atoms with Crippen molar-refractivity contribution >= 4 is 12.6 Å². The lowest BCUT2D eigenvalue weighted by Gasteiger charge is -2.20. The Morgan fingerprint density at radius 1 is 1.75 bits per heavy atom. The quantitative estimate of drug-likeness (QED) is 0.657. The van der Waals surface area contributed by atoms with Crippen LogP contribution in [-0.4, -0.2) is 9.55 Å². The molecular weight excluding hydrogens is 168 g/mol. The zero-order chi connectivity index (χ0) is 8.55. The van der Waals surface area contributed by atoms with Crippen molar-refractivity contribution in [2.75, 3.05) is 0 Å². The Labute approximate surface area is 78.4 Å². The molecule has 2 nitrogen and oxygen atoms in total. The molecule has 0 aromatic carbocycles. The number of hydrogen-bond acceptors (Lipinski definition) is 2. The molecule has 0 saturated carbocycles. The van der Waals surface area contributed by atoms with Crippen molar-refractivity contribution in [1.29, 1.82) is 0 Å². The number of thiol groups is 1. The van der Waals surface area contributed by atoms with Crippen LogP contribution in [0.25, 0.3) is 0 Å². The van der Waals surface area contributed by atoms with Gasteiger partial charge in [-0.05, 0) is 18.8 Å². The van der Waals surface area contributed by atoms with Gasteiger partial charge in [-0.15, -0.1) is 0 Å². The van der Waals surface area contributed by atoms with E-state index in [9.17, 15) is 0 Å². The van der Waals surface area contributed by atoms with Gasteiger partial charge < -0.3 is 4.57 Å². The average molecular weight is 182 g/mol. The van der Waals surface area contributed by atoms with E-state index in [0.29, 0.717) is 0 Å². The fourth-order valence-corrected chi connectivity index (χ4v) is 2.06. The van der Waals surface area contributed by atoms with E-state index in [2.05, 4.69) is 29.1 Å². The van der Waals surface area contributed by atoms with E-state index in [1.54, 1.807) is 0 Å². The van der Waals surface area contributed by atoms with Gasteiger partial charge in [-0.3, -0.25) is 0 Å². The maximum Gasteiger partial charge on any atom is 0.0952 e. The molecule has 0 aliphatic carbocycles. The molecule has 1 aliphatic heterocycles. The molecule has 0 amide bonds. The van der Waals surface area contributed by atoms with Crippen LogP contribution < -0.4 is 0 Å². The lowest BCUT2D eigenvalue weighted by molar-refractivity contribution is 0.415. The average Bonchev–Trinajstić information content (AvgIpc) is 2.46. The van der Waals surface area contributed by atoms with Gasteiger partial charge in [-0.1, -0.05) is 6.92 Å². The van der Waals surface area contributed by atoms with Gasteiger partial charge in [-0.25, -0.2) is 4.98 Å². The second kappa shape index (κ2) is 3.13. The van der Waals surface area contributed by atoms with Crippen LogP contribution in [0.15, 0.2) is 6.33 Å². The van der Waals surface area contributed by atoms with Gasteiger partial charge >= 0.3 is 0 Å². The van der Waals surface area contributed by atoms with Gasteiger partial charge in [0.2, 0.25) is 0 Å². The van der Waals surface area contributed by atoms with Gasteiger partial charge in [0.05, 0.1) is 12.0 Å². The number of fused-ring (bicyclic) bond motifs is 1. The van der Waals surface area contributed by atoms with Crippen molar-refractivity contribution in [3.63, 3.8) is 0 Å². The minimum atomic E-state index is 0.773. The molecule has 0 fully saturated rings. The van der Waals surface area contributed by atoms with Crippen LogP contribution in [0, 0.1) is 5.92 Å². The predicted octanol–water partition coefficient (Wildman–Crippen LogP) is 1.90. The van der Waals surface area contributed by atoms with Gasteiger partial charge in [0.1, 0.15) is 0 Å². The molecule has 0 radical (unpaired) electrons. The lowest BCUT2D eigenvalue weighted by Crippen LogP contribution is -2.16. The third kappa shape index (κ3) is 1.26. The maximum absolute atomic E-state index is 4.34. The van der Waals surface area contributed by atoms with Crippen LogP contribution in [0.5, 0.6) is 0 Å². The van der Waals surface area contributed by atoms with E-state index in [-0.39, 0.29) is 0 Å². The summed E-state index contributed by atoms with van der Waals surface area (Å²) in [5.74, 6) is 1.59. The van der Waals surface area contributed by atoms with E-state index in [1.807, 2.05) is 6.33 Å². The smallest absolute Gasteiger partial charge is 0.0952 e. The Balaban J connectivity index is 2.34. The SMILES string of the molecule is CC1CCn2cnc(CS)c2C1. The largest absolute Gasteiger partial charge is 0.334 e. The van der Waals surface area contributed by atoms with Crippen LogP contribution in [0.2, 0.25) is 0 Å². The summed E-state index contributed by atoms with van der Waals surface area (Å²) in [6.45, 7) is 3.44. The zero-order valence-corrected chi connectivity index (χ0v) is 8.22. The molecule has 1 aromatic rings. The molecule has 0 bridgehead atoms. The molecular formula is C9H14N2S. The summed E-state index contributed by atoms with van der Waals surface area (Å²) in [5, 5.41) is 0. The molecule has 1 aliphatic rings. The van der Waals surface area contributed by atoms with Crippen LogP contribution in [-0.2, 0) is 18.7 Å². The summed E-state index contributed by atoms with van der Waals surface area (Å²) in [6, 6.07) is 0. The Kier molecular flexibility index (Phi) is 2.13. The highest BCUT2D eigenvalue weighted by molar-refractivity contribution is 7.79. The van der Waals surface area contributed by atoms with E-state index >= 15 is 0 Å². The van der Waals surface area contributed by atoms with Crippen molar-refractivity contribution in [2.45, 2.75) is 32.1 Å². The number of aryl methyl sites for hydroxylation is 1. The summed E-state index contributed by atoms with van der Waals surface area (Å²) >= 11 is 4.26. The topological polar surface area (TPSA) is 17.8 Å². The maximum atomic E-state index is 4.34. The Hall–Kier alpha value is -0.440. The minimum absolute atomic E-state index is 0.773. The number of rotatable bonds is 1. The molecule has 2 heterocycles. The Morgan fingerprint density at radius 2 is 2.58 bits per heavy atom. The number of hydrogen-bond donors (Lipinski definition) is 1. The van der Waals surface area contributed by atoms with Gasteiger partial charge in [0.25, 0.3) is 0 Å². The van der Waals surface area contributed by atoms with Crippen molar-refractivity contribution in [1.82, 2.24) is 9.55 Å². The molecule has 12 heavy (non-hydrogen) atoms. The van der Waals surface area contributed by atoms with E-state index in [0.717, 1.165) is 18.2 Å². The van der Waals surface area contributed by atoms with Crippen molar-refractivity contribution in [3.8, 4) is 0 Å². The minimum Gasteiger partial charge on any atom is -0.334 e. The van der Waals surface area contributed by atoms with E-state index < -0.39 is 0 Å². The van der Waals surface area contributed by atoms with E-state index in [1.165, 1.54) is 24.2 Å². The zero-order valence-electron chi connectivity index (χ0n) is 7.32. The Morgan fingerprint density at radius 3 is 3.33 bits per heavy atom. The van der Waals surface area contributed by atoms with E-state index in [4.69, 9.17) is 0 Å². The fourth-order valence-electron chi connectivity index (χ4n) is 1.80. The second-order valence-electron chi connectivity index (χ2n) is 3.59. The normalized spacial score (nSPS) is 22.3. The molecule has 3 heteroatoms. The van der Waals surface area contributed by atoms with Gasteiger partial charge in [0, 0.05) is 18.0 Å². The van der Waals surface area contributed by atoms with Crippen molar-refractivity contribution in [2.24, 2.45) is 5.92 Å². The molecule has 1 atom stereocenters. The highest BCUT2D eigenvalue weighted by Gasteiger charge is 2.17. The first-order valence-electron chi connectivity index (χ1n) is 4.45. The molecule has 1 aromatic heterocycles. The molecule has 2 rings (SSSR count). The third-order valence-corrected chi connectivity index (χ3v) is 2.89.